The summed E-state index contributed by atoms with van der Waals surface area (Å²) in [5, 5.41) is 3.36. The first-order valence-corrected chi connectivity index (χ1v) is 6.50. The smallest absolute Gasteiger partial charge is 0.00868 e. The van der Waals surface area contributed by atoms with E-state index in [4.69, 9.17) is 0 Å². The van der Waals surface area contributed by atoms with Crippen LogP contribution in [0, 0.1) is 5.92 Å². The maximum Gasteiger partial charge on any atom is 0.00868 e. The standard InChI is InChI=1S/C13H30N2/c1-6-14-10-8-7-9-11-15(5)13(4)12(2)3/h12-14H,6-11H2,1-5H3. The van der Waals surface area contributed by atoms with Gasteiger partial charge in [-0.15, -0.1) is 0 Å². The fourth-order valence-corrected chi connectivity index (χ4v) is 1.68. The molecule has 1 atom stereocenters. The summed E-state index contributed by atoms with van der Waals surface area (Å²) in [5.74, 6) is 0.761. The van der Waals surface area contributed by atoms with Crippen LogP contribution in [0.2, 0.25) is 0 Å². The third kappa shape index (κ3) is 7.80. The van der Waals surface area contributed by atoms with Crippen molar-refractivity contribution in [3.05, 3.63) is 0 Å². The third-order valence-electron chi connectivity index (χ3n) is 3.27. The van der Waals surface area contributed by atoms with Crippen LogP contribution in [0.5, 0.6) is 0 Å². The number of rotatable bonds is 9. The molecule has 0 saturated carbocycles. The first-order valence-electron chi connectivity index (χ1n) is 6.50. The molecule has 0 aliphatic rings. The molecule has 0 amide bonds. The van der Waals surface area contributed by atoms with Crippen molar-refractivity contribution in [3.63, 3.8) is 0 Å². The normalized spacial score (nSPS) is 13.8. The van der Waals surface area contributed by atoms with Crippen LogP contribution in [0.4, 0.5) is 0 Å². The van der Waals surface area contributed by atoms with Gasteiger partial charge in [-0.1, -0.05) is 27.2 Å². The molecule has 0 aromatic rings. The highest BCUT2D eigenvalue weighted by Crippen LogP contribution is 2.09. The van der Waals surface area contributed by atoms with E-state index in [0.29, 0.717) is 6.04 Å². The van der Waals surface area contributed by atoms with E-state index in [1.165, 1.54) is 32.4 Å². The molecule has 0 bridgehead atoms. The SMILES string of the molecule is CCNCCCCCN(C)C(C)C(C)C. The lowest BCUT2D eigenvalue weighted by Gasteiger charge is -2.27. The molecule has 2 nitrogen and oxygen atoms in total. The number of unbranched alkanes of at least 4 members (excludes halogenated alkanes) is 2. The Bertz CT molecular complexity index is 134. The van der Waals surface area contributed by atoms with Crippen molar-refractivity contribution in [1.82, 2.24) is 10.2 Å². The van der Waals surface area contributed by atoms with Crippen molar-refractivity contribution in [2.45, 2.75) is 53.0 Å². The Morgan fingerprint density at radius 2 is 1.73 bits per heavy atom. The van der Waals surface area contributed by atoms with Gasteiger partial charge in [0.05, 0.1) is 0 Å². The van der Waals surface area contributed by atoms with Crippen LogP contribution in [-0.2, 0) is 0 Å². The largest absolute Gasteiger partial charge is 0.317 e. The molecule has 2 heteroatoms. The van der Waals surface area contributed by atoms with Crippen LogP contribution < -0.4 is 5.32 Å². The lowest BCUT2D eigenvalue weighted by Crippen LogP contribution is -2.34. The molecule has 0 fully saturated rings. The highest BCUT2D eigenvalue weighted by atomic mass is 15.1. The van der Waals surface area contributed by atoms with Crippen molar-refractivity contribution in [2.24, 2.45) is 5.92 Å². The topological polar surface area (TPSA) is 15.3 Å². The molecule has 0 spiro atoms. The highest BCUT2D eigenvalue weighted by Gasteiger charge is 2.11. The quantitative estimate of drug-likeness (QED) is 0.594. The summed E-state index contributed by atoms with van der Waals surface area (Å²) >= 11 is 0. The Balaban J connectivity index is 3.34. The van der Waals surface area contributed by atoms with E-state index in [0.717, 1.165) is 12.5 Å². The van der Waals surface area contributed by atoms with Crippen molar-refractivity contribution in [3.8, 4) is 0 Å². The van der Waals surface area contributed by atoms with Gasteiger partial charge in [0.15, 0.2) is 0 Å². The Morgan fingerprint density at radius 1 is 1.07 bits per heavy atom. The van der Waals surface area contributed by atoms with Crippen LogP contribution in [-0.4, -0.2) is 37.6 Å². The molecule has 0 aromatic carbocycles. The van der Waals surface area contributed by atoms with Gasteiger partial charge in [-0.05, 0) is 52.4 Å². The average Bonchev–Trinajstić information content (AvgIpc) is 2.21. The lowest BCUT2D eigenvalue weighted by atomic mass is 10.0. The molecule has 92 valence electrons. The van der Waals surface area contributed by atoms with E-state index in [1.54, 1.807) is 0 Å². The first kappa shape index (κ1) is 14.9. The molecular weight excluding hydrogens is 184 g/mol. The molecule has 0 saturated heterocycles. The number of nitrogens with one attached hydrogen (secondary N) is 1. The van der Waals surface area contributed by atoms with E-state index < -0.39 is 0 Å². The summed E-state index contributed by atoms with van der Waals surface area (Å²) in [6.07, 6.45) is 4.00. The van der Waals surface area contributed by atoms with Gasteiger partial charge < -0.3 is 10.2 Å². The van der Waals surface area contributed by atoms with Gasteiger partial charge in [-0.3, -0.25) is 0 Å². The number of hydrogen-bond donors (Lipinski definition) is 1. The van der Waals surface area contributed by atoms with E-state index in [2.05, 4.69) is 45.0 Å². The van der Waals surface area contributed by atoms with Crippen LogP contribution in [0.25, 0.3) is 0 Å². The summed E-state index contributed by atoms with van der Waals surface area (Å²) in [6, 6.07) is 0.707. The van der Waals surface area contributed by atoms with E-state index >= 15 is 0 Å². The van der Waals surface area contributed by atoms with Gasteiger partial charge in [-0.2, -0.15) is 0 Å². The van der Waals surface area contributed by atoms with Crippen molar-refractivity contribution in [1.29, 1.82) is 0 Å². The van der Waals surface area contributed by atoms with Gasteiger partial charge >= 0.3 is 0 Å². The number of nitrogens with zero attached hydrogens (tertiary/aromatic N) is 1. The molecule has 0 heterocycles. The predicted molar refractivity (Wildman–Crippen MR) is 69.3 cm³/mol. The second-order valence-corrected chi connectivity index (χ2v) is 4.88. The maximum absolute atomic E-state index is 3.36. The molecule has 1 N–H and O–H groups in total. The minimum absolute atomic E-state index is 0.707. The average molecular weight is 214 g/mol. The molecule has 1 unspecified atom stereocenters. The second kappa shape index (κ2) is 9.17. The zero-order valence-corrected chi connectivity index (χ0v) is 11.3. The fraction of sp³-hybridized carbons (Fsp3) is 1.00. The number of hydrogen-bond acceptors (Lipinski definition) is 2. The molecule has 0 aliphatic carbocycles. The summed E-state index contributed by atoms with van der Waals surface area (Å²) in [5.41, 5.74) is 0. The van der Waals surface area contributed by atoms with Crippen molar-refractivity contribution in [2.75, 3.05) is 26.7 Å². The maximum atomic E-state index is 3.36. The Kier molecular flexibility index (Phi) is 9.12. The Labute approximate surface area is 96.4 Å². The second-order valence-electron chi connectivity index (χ2n) is 4.88. The van der Waals surface area contributed by atoms with E-state index in [-0.39, 0.29) is 0 Å². The molecule has 0 rings (SSSR count). The van der Waals surface area contributed by atoms with Crippen molar-refractivity contribution >= 4 is 0 Å². The summed E-state index contributed by atoms with van der Waals surface area (Å²) < 4.78 is 0. The molecule has 0 aromatic heterocycles. The third-order valence-corrected chi connectivity index (χ3v) is 3.27. The zero-order chi connectivity index (χ0) is 11.7. The minimum Gasteiger partial charge on any atom is -0.317 e. The van der Waals surface area contributed by atoms with Gasteiger partial charge in [-0.25, -0.2) is 0 Å². The van der Waals surface area contributed by atoms with Crippen molar-refractivity contribution < 1.29 is 0 Å². The van der Waals surface area contributed by atoms with Gasteiger partial charge in [0.2, 0.25) is 0 Å². The minimum atomic E-state index is 0.707. The monoisotopic (exact) mass is 214 g/mol. The molecule has 0 aliphatic heterocycles. The van der Waals surface area contributed by atoms with Crippen LogP contribution in [0.15, 0.2) is 0 Å². The van der Waals surface area contributed by atoms with Gasteiger partial charge in [0, 0.05) is 6.04 Å². The van der Waals surface area contributed by atoms with Gasteiger partial charge in [0.1, 0.15) is 0 Å². The molecule has 0 radical (unpaired) electrons. The summed E-state index contributed by atoms with van der Waals surface area (Å²) in [4.78, 5) is 2.48. The fourth-order valence-electron chi connectivity index (χ4n) is 1.68. The predicted octanol–water partition coefficient (Wildman–Crippen LogP) is 2.74. The van der Waals surface area contributed by atoms with E-state index in [9.17, 15) is 0 Å². The van der Waals surface area contributed by atoms with Crippen LogP contribution >= 0.6 is 0 Å². The Morgan fingerprint density at radius 3 is 2.27 bits per heavy atom. The lowest BCUT2D eigenvalue weighted by molar-refractivity contribution is 0.204. The highest BCUT2D eigenvalue weighted by molar-refractivity contribution is 4.66. The molecular formula is C13H30N2. The van der Waals surface area contributed by atoms with Gasteiger partial charge in [0.25, 0.3) is 0 Å². The van der Waals surface area contributed by atoms with Crippen LogP contribution in [0.1, 0.15) is 47.0 Å². The first-order chi connectivity index (χ1) is 7.09. The van der Waals surface area contributed by atoms with E-state index in [1.807, 2.05) is 0 Å². The van der Waals surface area contributed by atoms with Crippen LogP contribution in [0.3, 0.4) is 0 Å². The summed E-state index contributed by atoms with van der Waals surface area (Å²) in [7, 11) is 2.24. The molecule has 15 heavy (non-hydrogen) atoms. The zero-order valence-electron chi connectivity index (χ0n) is 11.3. The summed E-state index contributed by atoms with van der Waals surface area (Å²) in [6.45, 7) is 12.6. The Hall–Kier alpha value is -0.0800.